The van der Waals surface area contributed by atoms with E-state index in [2.05, 4.69) is 192 Å². The molecule has 0 radical (unpaired) electrons. The molecule has 5 nitrogen and oxygen atoms in total. The molecule has 0 spiro atoms. The Hall–Kier alpha value is -8.12. The molecule has 3 heterocycles. The lowest BCUT2D eigenvalue weighted by Crippen LogP contribution is -2.22. The van der Waals surface area contributed by atoms with Crippen LogP contribution in [0.2, 0.25) is 5.28 Å². The number of hydrogen-bond donors (Lipinski definition) is 1. The zero-order valence-electron chi connectivity index (χ0n) is 35.2. The molecule has 13 rings (SSSR count). The van der Waals surface area contributed by atoms with Crippen molar-refractivity contribution >= 4 is 55.3 Å². The smallest absolute Gasteiger partial charge is 0.226 e. The van der Waals surface area contributed by atoms with Crippen LogP contribution in [0.15, 0.2) is 205 Å². The normalized spacial score (nSPS) is 14.4. The number of nitrogens with zero attached hydrogens (tertiary/aromatic N) is 3. The van der Waals surface area contributed by atoms with Gasteiger partial charge in [-0.2, -0.15) is 9.97 Å². The molecule has 0 saturated carbocycles. The Morgan fingerprint density at radius 1 is 0.431 bits per heavy atom. The van der Waals surface area contributed by atoms with Crippen LogP contribution in [0.4, 0.5) is 0 Å². The molecular weight excluding hydrogens is 816 g/mol. The maximum atomic E-state index is 6.59. The highest BCUT2D eigenvalue weighted by Crippen LogP contribution is 2.55. The lowest BCUT2D eigenvalue weighted by molar-refractivity contribution is 0.669. The number of fused-ring (bicyclic) bond motifs is 9. The number of para-hydroxylation sites is 2. The first-order valence-corrected chi connectivity index (χ1v) is 22.2. The van der Waals surface area contributed by atoms with Crippen LogP contribution >= 0.6 is 11.6 Å². The minimum atomic E-state index is -0.420. The summed E-state index contributed by atoms with van der Waals surface area (Å²) in [6, 6.07) is 71.2. The molecule has 306 valence electrons. The Balaban J connectivity index is 0.866. The standard InChI is InChI=1S/C59H37ClN4O/c1-59(41-28-24-36(25-29-41)56-62-57(64-58(60)63-56)40-26-30-45-44-16-6-8-23-52(44)65-53(45)34-40)49-21-7-5-17-47(49)54-42(18-11-22-50(54)59)38-14-9-15-39(32-38)43-19-10-20-46-48-33-37(35-12-3-2-4-13-35)27-31-51(48)61-55(43)46/h2-34,61H,1H3. The van der Waals surface area contributed by atoms with Crippen molar-refractivity contribution < 1.29 is 4.42 Å². The van der Waals surface area contributed by atoms with Crippen molar-refractivity contribution in [2.24, 2.45) is 0 Å². The number of halogens is 1. The Labute approximate surface area is 379 Å². The van der Waals surface area contributed by atoms with Crippen LogP contribution < -0.4 is 0 Å². The fourth-order valence-electron chi connectivity index (χ4n) is 10.3. The molecule has 12 aromatic rings. The van der Waals surface area contributed by atoms with Crippen molar-refractivity contribution in [1.82, 2.24) is 19.9 Å². The minimum Gasteiger partial charge on any atom is -0.456 e. The number of nitrogens with one attached hydrogen (secondary N) is 1. The Morgan fingerprint density at radius 2 is 1.06 bits per heavy atom. The summed E-state index contributed by atoms with van der Waals surface area (Å²) in [5.41, 5.74) is 18.5. The van der Waals surface area contributed by atoms with Crippen LogP contribution in [0.25, 0.3) is 111 Å². The van der Waals surface area contributed by atoms with Crippen molar-refractivity contribution in [3.63, 3.8) is 0 Å². The predicted molar refractivity (Wildman–Crippen MR) is 266 cm³/mol. The second kappa shape index (κ2) is 14.5. The summed E-state index contributed by atoms with van der Waals surface area (Å²) in [6.45, 7) is 2.35. The third kappa shape index (κ3) is 5.90. The highest BCUT2D eigenvalue weighted by Gasteiger charge is 2.41. The van der Waals surface area contributed by atoms with E-state index >= 15 is 0 Å². The summed E-state index contributed by atoms with van der Waals surface area (Å²) < 4.78 is 6.17. The van der Waals surface area contributed by atoms with Crippen molar-refractivity contribution in [3.8, 4) is 67.3 Å². The van der Waals surface area contributed by atoms with E-state index in [1.54, 1.807) is 0 Å². The SMILES string of the molecule is CC1(c2ccc(-c3nc(Cl)nc(-c4ccc5c(c4)oc4ccccc45)n3)cc2)c2ccccc2-c2c(-c3cccc(-c4cccc5c4[nH]c4ccc(-c6ccccc6)cc45)c3)cccc21. The van der Waals surface area contributed by atoms with Gasteiger partial charge in [0.1, 0.15) is 11.2 Å². The minimum absolute atomic E-state index is 0.136. The molecule has 65 heavy (non-hydrogen) atoms. The third-order valence-electron chi connectivity index (χ3n) is 13.5. The summed E-state index contributed by atoms with van der Waals surface area (Å²) >= 11 is 6.59. The van der Waals surface area contributed by atoms with Gasteiger partial charge in [-0.05, 0) is 111 Å². The van der Waals surface area contributed by atoms with E-state index < -0.39 is 5.41 Å². The fraction of sp³-hybridized carbons (Fsp3) is 0.0339. The molecular formula is C59H37ClN4O. The number of aromatic nitrogens is 4. The van der Waals surface area contributed by atoms with Gasteiger partial charge in [-0.15, -0.1) is 0 Å². The van der Waals surface area contributed by atoms with Crippen LogP contribution in [-0.2, 0) is 5.41 Å². The molecule has 1 N–H and O–H groups in total. The maximum Gasteiger partial charge on any atom is 0.226 e. The molecule has 1 aliphatic rings. The summed E-state index contributed by atoms with van der Waals surface area (Å²) in [5, 5.41) is 4.70. The van der Waals surface area contributed by atoms with E-state index in [9.17, 15) is 0 Å². The van der Waals surface area contributed by atoms with Crippen LogP contribution in [-0.4, -0.2) is 19.9 Å². The van der Waals surface area contributed by atoms with E-state index in [0.29, 0.717) is 11.6 Å². The number of furan rings is 1. The van der Waals surface area contributed by atoms with Gasteiger partial charge in [-0.1, -0.05) is 164 Å². The zero-order chi connectivity index (χ0) is 43.2. The first-order valence-electron chi connectivity index (χ1n) is 21.9. The van der Waals surface area contributed by atoms with Gasteiger partial charge in [-0.3, -0.25) is 0 Å². The van der Waals surface area contributed by atoms with Crippen LogP contribution in [0, 0.1) is 0 Å². The van der Waals surface area contributed by atoms with Gasteiger partial charge in [0, 0.05) is 49.2 Å². The molecule has 0 saturated heterocycles. The summed E-state index contributed by atoms with van der Waals surface area (Å²) in [4.78, 5) is 17.8. The van der Waals surface area contributed by atoms with Crippen molar-refractivity contribution in [2.45, 2.75) is 12.3 Å². The van der Waals surface area contributed by atoms with Crippen molar-refractivity contribution in [1.29, 1.82) is 0 Å². The summed E-state index contributed by atoms with van der Waals surface area (Å²) in [5.74, 6) is 1.000. The van der Waals surface area contributed by atoms with E-state index in [1.807, 2.05) is 30.3 Å². The average molecular weight is 853 g/mol. The average Bonchev–Trinajstić information content (AvgIpc) is 4.02. The highest BCUT2D eigenvalue weighted by molar-refractivity contribution is 6.28. The molecule has 1 unspecified atom stereocenters. The highest BCUT2D eigenvalue weighted by atomic mass is 35.5. The zero-order valence-corrected chi connectivity index (χ0v) is 35.9. The van der Waals surface area contributed by atoms with Gasteiger partial charge in [0.05, 0.1) is 5.52 Å². The quantitative estimate of drug-likeness (QED) is 0.181. The van der Waals surface area contributed by atoms with Crippen molar-refractivity contribution in [2.75, 3.05) is 0 Å². The first kappa shape index (κ1) is 37.4. The Bertz CT molecular complexity index is 3870. The third-order valence-corrected chi connectivity index (χ3v) is 13.7. The second-order valence-electron chi connectivity index (χ2n) is 17.1. The molecule has 0 bridgehead atoms. The molecule has 0 fully saturated rings. The Kier molecular flexibility index (Phi) is 8.33. The molecule has 9 aromatic carbocycles. The summed E-state index contributed by atoms with van der Waals surface area (Å²) in [6.07, 6.45) is 0. The second-order valence-corrected chi connectivity index (χ2v) is 17.4. The summed E-state index contributed by atoms with van der Waals surface area (Å²) in [7, 11) is 0. The number of H-pyrrole nitrogens is 1. The van der Waals surface area contributed by atoms with E-state index in [4.69, 9.17) is 21.0 Å². The van der Waals surface area contributed by atoms with Crippen molar-refractivity contribution in [3.05, 3.63) is 222 Å². The van der Waals surface area contributed by atoms with Crippen LogP contribution in [0.1, 0.15) is 23.6 Å². The van der Waals surface area contributed by atoms with Gasteiger partial charge in [0.15, 0.2) is 11.6 Å². The van der Waals surface area contributed by atoms with Gasteiger partial charge in [0.2, 0.25) is 5.28 Å². The van der Waals surface area contributed by atoms with E-state index in [1.165, 1.54) is 72.0 Å². The van der Waals surface area contributed by atoms with Gasteiger partial charge in [-0.25, -0.2) is 4.98 Å². The monoisotopic (exact) mass is 852 g/mol. The lowest BCUT2D eigenvalue weighted by Gasteiger charge is -2.28. The van der Waals surface area contributed by atoms with Crippen LogP contribution in [0.5, 0.6) is 0 Å². The Morgan fingerprint density at radius 3 is 1.94 bits per heavy atom. The molecule has 3 aromatic heterocycles. The van der Waals surface area contributed by atoms with Gasteiger partial charge >= 0.3 is 0 Å². The predicted octanol–water partition coefficient (Wildman–Crippen LogP) is 15.7. The number of benzene rings is 9. The molecule has 6 heteroatoms. The number of rotatable bonds is 6. The van der Waals surface area contributed by atoms with Gasteiger partial charge in [0.25, 0.3) is 0 Å². The van der Waals surface area contributed by atoms with Gasteiger partial charge < -0.3 is 9.40 Å². The lowest BCUT2D eigenvalue weighted by atomic mass is 9.74. The topological polar surface area (TPSA) is 67.6 Å². The first-order chi connectivity index (χ1) is 32.0. The number of aromatic amines is 1. The van der Waals surface area contributed by atoms with Crippen LogP contribution in [0.3, 0.4) is 0 Å². The van der Waals surface area contributed by atoms with E-state index in [0.717, 1.165) is 44.1 Å². The molecule has 0 amide bonds. The van der Waals surface area contributed by atoms with E-state index in [-0.39, 0.29) is 5.28 Å². The maximum absolute atomic E-state index is 6.59. The largest absolute Gasteiger partial charge is 0.456 e. The molecule has 1 atom stereocenters. The molecule has 0 aliphatic heterocycles. The number of hydrogen-bond acceptors (Lipinski definition) is 4. The fourth-order valence-corrected chi connectivity index (χ4v) is 10.5. The molecule has 1 aliphatic carbocycles.